The second-order valence-electron chi connectivity index (χ2n) is 7.50. The molecule has 1 saturated heterocycles. The van der Waals surface area contributed by atoms with Gasteiger partial charge in [-0.05, 0) is 55.3 Å². The number of hydrogen-bond acceptors (Lipinski definition) is 3. The third-order valence-corrected chi connectivity index (χ3v) is 6.55. The van der Waals surface area contributed by atoms with Gasteiger partial charge in [0.1, 0.15) is 7.11 Å². The van der Waals surface area contributed by atoms with Crippen LogP contribution >= 0.6 is 23.2 Å². The molecular formula is C22H24Cl2N2O. The number of likely N-dealkylation sites (tertiary alicyclic amines) is 1. The van der Waals surface area contributed by atoms with Gasteiger partial charge >= 0.3 is 0 Å². The summed E-state index contributed by atoms with van der Waals surface area (Å²) in [6.45, 7) is 0. The Morgan fingerprint density at radius 2 is 1.30 bits per heavy atom. The van der Waals surface area contributed by atoms with Gasteiger partial charge in [0.25, 0.3) is 0 Å². The quantitative estimate of drug-likeness (QED) is 0.575. The fourth-order valence-electron chi connectivity index (χ4n) is 5.00. The van der Waals surface area contributed by atoms with Crippen molar-refractivity contribution < 1.29 is 4.84 Å². The molecule has 1 heterocycles. The Balaban J connectivity index is 1.82. The molecule has 4 rings (SSSR count). The van der Waals surface area contributed by atoms with E-state index >= 15 is 0 Å². The van der Waals surface area contributed by atoms with Crippen LogP contribution in [-0.4, -0.2) is 24.8 Å². The summed E-state index contributed by atoms with van der Waals surface area (Å²) in [5, 5.41) is 6.05. The van der Waals surface area contributed by atoms with E-state index in [9.17, 15) is 0 Å². The van der Waals surface area contributed by atoms with Crippen LogP contribution in [0.3, 0.4) is 0 Å². The zero-order chi connectivity index (χ0) is 19.0. The van der Waals surface area contributed by atoms with Crippen LogP contribution in [0.15, 0.2) is 53.7 Å². The molecular weight excluding hydrogens is 379 g/mol. The molecule has 0 N–H and O–H groups in total. The summed E-state index contributed by atoms with van der Waals surface area (Å²) in [5.41, 5.74) is 3.74. The lowest BCUT2D eigenvalue weighted by atomic mass is 9.66. The van der Waals surface area contributed by atoms with E-state index in [1.165, 1.54) is 23.3 Å². The summed E-state index contributed by atoms with van der Waals surface area (Å²) in [7, 11) is 3.88. The van der Waals surface area contributed by atoms with Gasteiger partial charge in [-0.15, -0.1) is 0 Å². The van der Waals surface area contributed by atoms with Gasteiger partial charge in [0.15, 0.2) is 0 Å². The maximum absolute atomic E-state index is 6.14. The van der Waals surface area contributed by atoms with Crippen LogP contribution in [0.25, 0.3) is 0 Å². The maximum Gasteiger partial charge on any atom is 0.106 e. The molecule has 0 unspecified atom stereocenters. The van der Waals surface area contributed by atoms with Crippen molar-refractivity contribution in [2.45, 2.75) is 31.3 Å². The fraction of sp³-hybridized carbons (Fsp3) is 0.409. The highest BCUT2D eigenvalue weighted by Gasteiger charge is 2.48. The van der Waals surface area contributed by atoms with E-state index in [0.717, 1.165) is 22.9 Å². The van der Waals surface area contributed by atoms with E-state index in [4.69, 9.17) is 28.0 Å². The predicted molar refractivity (Wildman–Crippen MR) is 111 cm³/mol. The van der Waals surface area contributed by atoms with Gasteiger partial charge in [-0.25, -0.2) is 0 Å². The first-order chi connectivity index (χ1) is 13.1. The lowest BCUT2D eigenvalue weighted by Gasteiger charge is -2.52. The molecule has 27 heavy (non-hydrogen) atoms. The van der Waals surface area contributed by atoms with E-state index in [-0.39, 0.29) is 12.1 Å². The van der Waals surface area contributed by atoms with Crippen molar-refractivity contribution in [1.82, 2.24) is 4.90 Å². The molecule has 1 aliphatic carbocycles. The third kappa shape index (κ3) is 3.49. The Bertz CT molecular complexity index is 756. The first-order valence-electron chi connectivity index (χ1n) is 9.44. The van der Waals surface area contributed by atoms with Crippen LogP contribution in [0.1, 0.15) is 42.5 Å². The normalized spacial score (nSPS) is 29.7. The van der Waals surface area contributed by atoms with Crippen molar-refractivity contribution >= 4 is 28.9 Å². The predicted octanol–water partition coefficient (Wildman–Crippen LogP) is 6.14. The highest BCUT2D eigenvalue weighted by Crippen LogP contribution is 2.51. The van der Waals surface area contributed by atoms with E-state index < -0.39 is 0 Å². The van der Waals surface area contributed by atoms with Gasteiger partial charge in [0.2, 0.25) is 0 Å². The average Bonchev–Trinajstić information content (AvgIpc) is 2.66. The molecule has 1 aliphatic heterocycles. The number of halogens is 2. The van der Waals surface area contributed by atoms with Crippen LogP contribution in [-0.2, 0) is 4.84 Å². The van der Waals surface area contributed by atoms with Gasteiger partial charge in [-0.3, -0.25) is 4.90 Å². The molecule has 2 aromatic carbocycles. The molecule has 142 valence electrons. The van der Waals surface area contributed by atoms with Crippen LogP contribution < -0.4 is 0 Å². The van der Waals surface area contributed by atoms with E-state index in [0.29, 0.717) is 11.8 Å². The standard InChI is InChI=1S/C22H24Cl2N2O/c1-26-21(14-6-10-16(23)11-7-14)18-4-3-5-19(20(18)25-27-2)22(26)15-8-12-17(24)13-9-15/h6-13,18-19,21-22H,3-5H2,1-2H3/t18-,19+,21-,22+. The highest BCUT2D eigenvalue weighted by molar-refractivity contribution is 6.30. The molecule has 2 bridgehead atoms. The Kier molecular flexibility index (Phi) is 5.45. The van der Waals surface area contributed by atoms with E-state index in [1.54, 1.807) is 7.11 Å². The van der Waals surface area contributed by atoms with Crippen molar-refractivity contribution in [2.24, 2.45) is 17.0 Å². The SMILES string of the molecule is CON=C1[C@H]2CCC[C@@H]1[C@H](c1ccc(Cl)cc1)N(C)[C@@H]2c1ccc(Cl)cc1. The molecule has 1 saturated carbocycles. The number of nitrogens with zero attached hydrogens (tertiary/aromatic N) is 2. The zero-order valence-corrected chi connectivity index (χ0v) is 17.1. The van der Waals surface area contributed by atoms with Crippen molar-refractivity contribution in [1.29, 1.82) is 0 Å². The lowest BCUT2D eigenvalue weighted by Crippen LogP contribution is -2.51. The van der Waals surface area contributed by atoms with Crippen molar-refractivity contribution in [3.8, 4) is 0 Å². The number of oxime groups is 1. The van der Waals surface area contributed by atoms with Gasteiger partial charge in [-0.2, -0.15) is 0 Å². The summed E-state index contributed by atoms with van der Waals surface area (Å²) in [4.78, 5) is 7.80. The van der Waals surface area contributed by atoms with Gasteiger partial charge in [-0.1, -0.05) is 59.0 Å². The minimum atomic E-state index is 0.244. The summed E-state index contributed by atoms with van der Waals surface area (Å²) in [6.07, 6.45) is 3.47. The number of hydrogen-bond donors (Lipinski definition) is 0. The highest BCUT2D eigenvalue weighted by atomic mass is 35.5. The number of rotatable bonds is 3. The Morgan fingerprint density at radius 3 is 1.70 bits per heavy atom. The summed E-state index contributed by atoms with van der Waals surface area (Å²) >= 11 is 12.3. The Morgan fingerprint density at radius 1 is 0.852 bits per heavy atom. The van der Waals surface area contributed by atoms with Gasteiger partial charge in [0.05, 0.1) is 5.71 Å². The number of benzene rings is 2. The molecule has 4 atom stereocenters. The van der Waals surface area contributed by atoms with Crippen LogP contribution in [0.2, 0.25) is 10.0 Å². The third-order valence-electron chi connectivity index (χ3n) is 6.05. The van der Waals surface area contributed by atoms with Crippen molar-refractivity contribution in [3.05, 3.63) is 69.7 Å². The first-order valence-corrected chi connectivity index (χ1v) is 10.2. The number of fused-ring (bicyclic) bond motifs is 2. The largest absolute Gasteiger partial charge is 0.399 e. The topological polar surface area (TPSA) is 24.8 Å². The summed E-state index contributed by atoms with van der Waals surface area (Å²) in [5.74, 6) is 0.719. The molecule has 2 aromatic rings. The molecule has 2 aliphatic rings. The first kappa shape index (κ1) is 18.8. The molecule has 3 nitrogen and oxygen atoms in total. The second kappa shape index (κ2) is 7.83. The molecule has 2 fully saturated rings. The van der Waals surface area contributed by atoms with Gasteiger partial charge in [0, 0.05) is 34.0 Å². The average molecular weight is 403 g/mol. The zero-order valence-electron chi connectivity index (χ0n) is 15.6. The maximum atomic E-state index is 6.14. The summed E-state index contributed by atoms with van der Waals surface area (Å²) < 4.78 is 0. The van der Waals surface area contributed by atoms with Crippen molar-refractivity contribution in [2.75, 3.05) is 14.2 Å². The fourth-order valence-corrected chi connectivity index (χ4v) is 5.26. The van der Waals surface area contributed by atoms with Crippen LogP contribution in [0.4, 0.5) is 0 Å². The molecule has 0 radical (unpaired) electrons. The van der Waals surface area contributed by atoms with Crippen LogP contribution in [0, 0.1) is 11.8 Å². The molecule has 0 aromatic heterocycles. The van der Waals surface area contributed by atoms with E-state index in [2.05, 4.69) is 41.4 Å². The number of piperidine rings is 1. The van der Waals surface area contributed by atoms with E-state index in [1.807, 2.05) is 24.3 Å². The van der Waals surface area contributed by atoms with Gasteiger partial charge < -0.3 is 4.84 Å². The molecule has 0 amide bonds. The minimum Gasteiger partial charge on any atom is -0.399 e. The Labute approximate surface area is 170 Å². The molecule has 0 spiro atoms. The smallest absolute Gasteiger partial charge is 0.106 e. The lowest BCUT2D eigenvalue weighted by molar-refractivity contribution is 0.0609. The van der Waals surface area contributed by atoms with Crippen LogP contribution in [0.5, 0.6) is 0 Å². The van der Waals surface area contributed by atoms with Crippen molar-refractivity contribution in [3.63, 3.8) is 0 Å². The molecule has 5 heteroatoms. The Hall–Kier alpha value is -1.55. The summed E-state index contributed by atoms with van der Waals surface area (Å²) in [6, 6.07) is 17.0. The second-order valence-corrected chi connectivity index (χ2v) is 8.37. The monoisotopic (exact) mass is 402 g/mol. The minimum absolute atomic E-state index is 0.244.